The van der Waals surface area contributed by atoms with E-state index in [9.17, 15) is 4.39 Å². The van der Waals surface area contributed by atoms with E-state index in [1.54, 1.807) is 36.4 Å². The average molecular weight is 227 g/mol. The molecule has 3 heteroatoms. The van der Waals surface area contributed by atoms with Crippen molar-refractivity contribution >= 4 is 0 Å². The summed E-state index contributed by atoms with van der Waals surface area (Å²) in [4.78, 5) is 0. The summed E-state index contributed by atoms with van der Waals surface area (Å²) in [6.07, 6.45) is 0. The van der Waals surface area contributed by atoms with Crippen molar-refractivity contribution in [3.8, 4) is 22.9 Å². The zero-order valence-corrected chi connectivity index (χ0v) is 9.27. The Bertz CT molecular complexity index is 587. The van der Waals surface area contributed by atoms with Crippen LogP contribution in [0.3, 0.4) is 0 Å². The minimum atomic E-state index is -0.362. The summed E-state index contributed by atoms with van der Waals surface area (Å²) < 4.78 is 18.7. The second kappa shape index (κ2) is 4.67. The number of halogens is 1. The van der Waals surface area contributed by atoms with Gasteiger partial charge in [0, 0.05) is 11.6 Å². The van der Waals surface area contributed by atoms with Crippen molar-refractivity contribution < 1.29 is 9.13 Å². The maximum atomic E-state index is 13.8. The van der Waals surface area contributed by atoms with E-state index < -0.39 is 0 Å². The monoisotopic (exact) mass is 227 g/mol. The molecule has 0 radical (unpaired) electrons. The number of methoxy groups -OCH3 is 1. The predicted molar refractivity (Wildman–Crippen MR) is 63.1 cm³/mol. The lowest BCUT2D eigenvalue weighted by Crippen LogP contribution is -1.88. The maximum absolute atomic E-state index is 13.8. The van der Waals surface area contributed by atoms with Crippen molar-refractivity contribution in [2.24, 2.45) is 0 Å². The molecule has 0 spiro atoms. The molecule has 2 aromatic rings. The summed E-state index contributed by atoms with van der Waals surface area (Å²) >= 11 is 0. The smallest absolute Gasteiger partial charge is 0.134 e. The minimum absolute atomic E-state index is 0.362. The third-order valence-electron chi connectivity index (χ3n) is 2.48. The lowest BCUT2D eigenvalue weighted by Gasteiger charge is -2.06. The van der Waals surface area contributed by atoms with Gasteiger partial charge in [-0.15, -0.1) is 0 Å². The molecule has 0 aromatic heterocycles. The van der Waals surface area contributed by atoms with E-state index >= 15 is 0 Å². The Hall–Kier alpha value is -2.34. The molecule has 0 bridgehead atoms. The van der Waals surface area contributed by atoms with Gasteiger partial charge in [0.25, 0.3) is 0 Å². The predicted octanol–water partition coefficient (Wildman–Crippen LogP) is 3.37. The molecule has 0 N–H and O–H groups in total. The van der Waals surface area contributed by atoms with E-state index in [1.165, 1.54) is 13.2 Å². The van der Waals surface area contributed by atoms with Gasteiger partial charge < -0.3 is 4.74 Å². The van der Waals surface area contributed by atoms with Crippen LogP contribution in [0.4, 0.5) is 4.39 Å². The fourth-order valence-corrected chi connectivity index (χ4v) is 1.61. The van der Waals surface area contributed by atoms with Gasteiger partial charge in [0.1, 0.15) is 11.6 Å². The molecule has 17 heavy (non-hydrogen) atoms. The Labute approximate surface area is 98.9 Å². The maximum Gasteiger partial charge on any atom is 0.134 e. The molecule has 0 saturated heterocycles. The van der Waals surface area contributed by atoms with E-state index in [2.05, 4.69) is 0 Å². The zero-order valence-electron chi connectivity index (χ0n) is 9.27. The van der Waals surface area contributed by atoms with E-state index in [-0.39, 0.29) is 5.82 Å². The Morgan fingerprint density at radius 2 is 2.00 bits per heavy atom. The minimum Gasteiger partial charge on any atom is -0.497 e. The van der Waals surface area contributed by atoms with Gasteiger partial charge in [0.05, 0.1) is 18.7 Å². The van der Waals surface area contributed by atoms with E-state index in [0.29, 0.717) is 22.4 Å². The molecule has 0 saturated carbocycles. The molecule has 0 amide bonds. The first-order chi connectivity index (χ1) is 8.24. The average Bonchev–Trinajstić information content (AvgIpc) is 2.38. The Kier molecular flexibility index (Phi) is 3.06. The molecule has 0 aliphatic rings. The molecule has 2 aromatic carbocycles. The van der Waals surface area contributed by atoms with Gasteiger partial charge in [-0.1, -0.05) is 12.1 Å². The van der Waals surface area contributed by atoms with Gasteiger partial charge in [-0.25, -0.2) is 4.39 Å². The molecule has 0 atom stereocenters. The molecule has 84 valence electrons. The van der Waals surface area contributed by atoms with Crippen LogP contribution in [0.2, 0.25) is 0 Å². The molecule has 0 unspecified atom stereocenters. The normalized spacial score (nSPS) is 9.71. The van der Waals surface area contributed by atoms with E-state index in [4.69, 9.17) is 10.00 Å². The number of nitrogens with zero attached hydrogens (tertiary/aromatic N) is 1. The van der Waals surface area contributed by atoms with Crippen molar-refractivity contribution in [3.63, 3.8) is 0 Å². The Morgan fingerprint density at radius 3 is 2.65 bits per heavy atom. The Morgan fingerprint density at radius 1 is 1.18 bits per heavy atom. The summed E-state index contributed by atoms with van der Waals surface area (Å²) in [5, 5.41) is 8.80. The third kappa shape index (κ3) is 2.26. The lowest BCUT2D eigenvalue weighted by atomic mass is 10.0. The van der Waals surface area contributed by atoms with Crippen molar-refractivity contribution in [3.05, 3.63) is 53.8 Å². The molecular weight excluding hydrogens is 217 g/mol. The highest BCUT2D eigenvalue weighted by atomic mass is 19.1. The van der Waals surface area contributed by atoms with Crippen LogP contribution < -0.4 is 4.74 Å². The number of benzene rings is 2. The van der Waals surface area contributed by atoms with Gasteiger partial charge in [0.2, 0.25) is 0 Å². The van der Waals surface area contributed by atoms with Crippen LogP contribution in [-0.2, 0) is 0 Å². The number of nitriles is 1. The van der Waals surface area contributed by atoms with Crippen LogP contribution in [0.25, 0.3) is 11.1 Å². The fourth-order valence-electron chi connectivity index (χ4n) is 1.61. The van der Waals surface area contributed by atoms with Gasteiger partial charge in [0.15, 0.2) is 0 Å². The second-order valence-electron chi connectivity index (χ2n) is 3.54. The topological polar surface area (TPSA) is 33.0 Å². The molecule has 0 fully saturated rings. The standard InChI is InChI=1S/C14H10FNO/c1-17-12-5-6-13(14(15)8-12)11-4-2-3-10(7-11)9-16/h2-8H,1H3. The highest BCUT2D eigenvalue weighted by Crippen LogP contribution is 2.26. The van der Waals surface area contributed by atoms with E-state index in [1.807, 2.05) is 6.07 Å². The molecule has 2 rings (SSSR count). The fraction of sp³-hybridized carbons (Fsp3) is 0.0714. The highest BCUT2D eigenvalue weighted by Gasteiger charge is 2.06. The van der Waals surface area contributed by atoms with Crippen molar-refractivity contribution in [1.82, 2.24) is 0 Å². The van der Waals surface area contributed by atoms with E-state index in [0.717, 1.165) is 0 Å². The second-order valence-corrected chi connectivity index (χ2v) is 3.54. The van der Waals surface area contributed by atoms with Crippen LogP contribution in [0.15, 0.2) is 42.5 Å². The first-order valence-corrected chi connectivity index (χ1v) is 5.08. The lowest BCUT2D eigenvalue weighted by molar-refractivity contribution is 0.411. The van der Waals surface area contributed by atoms with Crippen LogP contribution in [-0.4, -0.2) is 7.11 Å². The molecule has 0 aliphatic carbocycles. The SMILES string of the molecule is COc1ccc(-c2cccc(C#N)c2)c(F)c1. The largest absolute Gasteiger partial charge is 0.497 e. The van der Waals surface area contributed by atoms with Crippen LogP contribution in [0.5, 0.6) is 5.75 Å². The van der Waals surface area contributed by atoms with Gasteiger partial charge >= 0.3 is 0 Å². The van der Waals surface area contributed by atoms with Crippen molar-refractivity contribution in [1.29, 1.82) is 5.26 Å². The number of hydrogen-bond donors (Lipinski definition) is 0. The number of hydrogen-bond acceptors (Lipinski definition) is 2. The summed E-state index contributed by atoms with van der Waals surface area (Å²) in [7, 11) is 1.49. The van der Waals surface area contributed by atoms with Crippen molar-refractivity contribution in [2.75, 3.05) is 7.11 Å². The molecule has 0 heterocycles. The number of rotatable bonds is 2. The number of ether oxygens (including phenoxy) is 1. The third-order valence-corrected chi connectivity index (χ3v) is 2.48. The van der Waals surface area contributed by atoms with Crippen molar-refractivity contribution in [2.45, 2.75) is 0 Å². The van der Waals surface area contributed by atoms with Crippen LogP contribution in [0, 0.1) is 17.1 Å². The molecule has 0 aliphatic heterocycles. The highest BCUT2D eigenvalue weighted by molar-refractivity contribution is 5.66. The molecule has 2 nitrogen and oxygen atoms in total. The summed E-state index contributed by atoms with van der Waals surface area (Å²) in [5.74, 6) is 0.113. The zero-order chi connectivity index (χ0) is 12.3. The first kappa shape index (κ1) is 11.2. The summed E-state index contributed by atoms with van der Waals surface area (Å²) in [5.41, 5.74) is 1.66. The van der Waals surface area contributed by atoms with Gasteiger partial charge in [-0.05, 0) is 29.8 Å². The van der Waals surface area contributed by atoms with Gasteiger partial charge in [-0.3, -0.25) is 0 Å². The molecular formula is C14H10FNO. The Balaban J connectivity index is 2.49. The van der Waals surface area contributed by atoms with Crippen LogP contribution in [0.1, 0.15) is 5.56 Å². The van der Waals surface area contributed by atoms with Crippen LogP contribution >= 0.6 is 0 Å². The quantitative estimate of drug-likeness (QED) is 0.788. The summed E-state index contributed by atoms with van der Waals surface area (Å²) in [6.45, 7) is 0. The van der Waals surface area contributed by atoms with Gasteiger partial charge in [-0.2, -0.15) is 5.26 Å². The summed E-state index contributed by atoms with van der Waals surface area (Å²) in [6, 6.07) is 13.5. The first-order valence-electron chi connectivity index (χ1n) is 5.08.